The Labute approximate surface area is 158 Å². The number of aliphatic carboxylic acids is 1. The normalized spacial score (nSPS) is 11.9. The van der Waals surface area contributed by atoms with Crippen LogP contribution in [0.4, 0.5) is 11.4 Å². The lowest BCUT2D eigenvalue weighted by atomic mass is 9.91. The molecule has 1 rings (SSSR count). The van der Waals surface area contributed by atoms with E-state index < -0.39 is 33.1 Å². The first-order valence-corrected chi connectivity index (χ1v) is 9.51. The summed E-state index contributed by atoms with van der Waals surface area (Å²) in [6, 6.07) is 2.59. The summed E-state index contributed by atoms with van der Waals surface area (Å²) in [6.45, 7) is 3.69. The van der Waals surface area contributed by atoms with Gasteiger partial charge < -0.3 is 5.11 Å². The minimum atomic E-state index is -1.30. The number of hydrogen-bond donors (Lipinski definition) is 1. The van der Waals surface area contributed by atoms with Crippen LogP contribution in [-0.2, 0) is 11.2 Å². The van der Waals surface area contributed by atoms with Crippen LogP contribution < -0.4 is 0 Å². The Kier molecular flexibility index (Phi) is 9.39. The SMILES string of the molecule is CCCCCCCCCc1cc([N+](=O)[O-])c(C(CC)C(=O)O)c([N+](=O)[O-])c1. The molecule has 0 aliphatic rings. The van der Waals surface area contributed by atoms with Crippen molar-refractivity contribution in [2.45, 2.75) is 77.6 Å². The summed E-state index contributed by atoms with van der Waals surface area (Å²) in [5.74, 6) is -2.58. The number of rotatable bonds is 13. The third-order valence-corrected chi connectivity index (χ3v) is 4.71. The van der Waals surface area contributed by atoms with Crippen molar-refractivity contribution in [1.82, 2.24) is 0 Å². The minimum absolute atomic E-state index is 0.0358. The van der Waals surface area contributed by atoms with E-state index in [-0.39, 0.29) is 12.0 Å². The molecule has 1 aromatic carbocycles. The lowest BCUT2D eigenvalue weighted by Gasteiger charge is -2.12. The summed E-state index contributed by atoms with van der Waals surface area (Å²) < 4.78 is 0. The Morgan fingerprint density at radius 2 is 1.44 bits per heavy atom. The van der Waals surface area contributed by atoms with Crippen LogP contribution in [0.25, 0.3) is 0 Å². The molecule has 0 amide bonds. The maximum Gasteiger partial charge on any atom is 0.311 e. The third kappa shape index (κ3) is 6.62. The van der Waals surface area contributed by atoms with Gasteiger partial charge in [-0.15, -0.1) is 0 Å². The van der Waals surface area contributed by atoms with E-state index in [1.165, 1.54) is 31.4 Å². The number of carbonyl (C=O) groups is 1. The summed E-state index contributed by atoms with van der Waals surface area (Å²) in [5, 5.41) is 32.2. The first-order chi connectivity index (χ1) is 12.8. The average Bonchev–Trinajstić information content (AvgIpc) is 2.61. The molecule has 8 heteroatoms. The molecule has 8 nitrogen and oxygen atoms in total. The summed E-state index contributed by atoms with van der Waals surface area (Å²) in [5.41, 5.74) is -0.762. The van der Waals surface area contributed by atoms with Gasteiger partial charge in [0, 0.05) is 12.1 Å². The van der Waals surface area contributed by atoms with Crippen LogP contribution in [0.1, 0.15) is 82.3 Å². The molecule has 0 saturated carbocycles. The topological polar surface area (TPSA) is 124 Å². The molecule has 0 saturated heterocycles. The molecule has 1 N–H and O–H groups in total. The maximum absolute atomic E-state index is 11.5. The van der Waals surface area contributed by atoms with E-state index in [2.05, 4.69) is 6.92 Å². The van der Waals surface area contributed by atoms with Crippen molar-refractivity contribution in [1.29, 1.82) is 0 Å². The van der Waals surface area contributed by atoms with Crippen LogP contribution in [0.15, 0.2) is 12.1 Å². The van der Waals surface area contributed by atoms with Crippen molar-refractivity contribution in [3.63, 3.8) is 0 Å². The number of nitrogens with zero attached hydrogens (tertiary/aromatic N) is 2. The molecule has 0 spiro atoms. The molecule has 0 bridgehead atoms. The van der Waals surface area contributed by atoms with Gasteiger partial charge in [-0.2, -0.15) is 0 Å². The molecule has 27 heavy (non-hydrogen) atoms. The fourth-order valence-corrected chi connectivity index (χ4v) is 3.27. The first kappa shape index (κ1) is 22.5. The summed E-state index contributed by atoms with van der Waals surface area (Å²) in [4.78, 5) is 32.9. The molecule has 1 unspecified atom stereocenters. The number of nitro groups is 2. The number of benzene rings is 1. The van der Waals surface area contributed by atoms with E-state index in [4.69, 9.17) is 0 Å². The van der Waals surface area contributed by atoms with Gasteiger partial charge in [0.25, 0.3) is 11.4 Å². The van der Waals surface area contributed by atoms with E-state index in [9.17, 15) is 30.1 Å². The second-order valence-corrected chi connectivity index (χ2v) is 6.73. The number of hydrogen-bond acceptors (Lipinski definition) is 5. The zero-order valence-electron chi connectivity index (χ0n) is 16.0. The fraction of sp³-hybridized carbons (Fsp3) is 0.632. The Balaban J connectivity index is 3.04. The minimum Gasteiger partial charge on any atom is -0.481 e. The van der Waals surface area contributed by atoms with E-state index in [1.807, 2.05) is 0 Å². The lowest BCUT2D eigenvalue weighted by molar-refractivity contribution is -0.395. The Hall–Kier alpha value is -2.51. The van der Waals surface area contributed by atoms with Crippen LogP contribution >= 0.6 is 0 Å². The van der Waals surface area contributed by atoms with Crippen LogP contribution in [-0.4, -0.2) is 20.9 Å². The molecule has 0 heterocycles. The van der Waals surface area contributed by atoms with Gasteiger partial charge in [-0.1, -0.05) is 52.4 Å². The van der Waals surface area contributed by atoms with Gasteiger partial charge in [0.2, 0.25) is 0 Å². The quantitative estimate of drug-likeness (QED) is 0.278. The van der Waals surface area contributed by atoms with Gasteiger partial charge in [-0.25, -0.2) is 0 Å². The average molecular weight is 380 g/mol. The van der Waals surface area contributed by atoms with Crippen molar-refractivity contribution in [2.24, 2.45) is 0 Å². The van der Waals surface area contributed by atoms with Gasteiger partial charge in [0.05, 0.1) is 15.8 Å². The van der Waals surface area contributed by atoms with Crippen LogP contribution in [0.5, 0.6) is 0 Å². The number of unbranched alkanes of at least 4 members (excludes halogenated alkanes) is 6. The standard InChI is InChI=1S/C19H28N2O6/c1-3-5-6-7-8-9-10-11-14-12-16(20(24)25)18(15(4-2)19(22)23)17(13-14)21(26)27/h12-13,15H,3-11H2,1-2H3,(H,22,23). The Bertz CT molecular complexity index is 639. The fourth-order valence-electron chi connectivity index (χ4n) is 3.27. The van der Waals surface area contributed by atoms with Crippen LogP contribution in [0.2, 0.25) is 0 Å². The van der Waals surface area contributed by atoms with Crippen molar-refractivity contribution in [2.75, 3.05) is 0 Å². The van der Waals surface area contributed by atoms with Crippen molar-refractivity contribution >= 4 is 17.3 Å². The molecular weight excluding hydrogens is 352 g/mol. The summed E-state index contributed by atoms with van der Waals surface area (Å²) >= 11 is 0. The lowest BCUT2D eigenvalue weighted by Crippen LogP contribution is -2.15. The second kappa shape index (κ2) is 11.3. The highest BCUT2D eigenvalue weighted by Crippen LogP contribution is 2.38. The number of nitro benzene ring substituents is 2. The molecule has 0 aromatic heterocycles. The number of aryl methyl sites for hydroxylation is 1. The van der Waals surface area contributed by atoms with Crippen molar-refractivity contribution < 1.29 is 19.7 Å². The molecule has 1 atom stereocenters. The van der Waals surface area contributed by atoms with Crippen LogP contribution in [0, 0.1) is 20.2 Å². The first-order valence-electron chi connectivity index (χ1n) is 9.51. The summed E-state index contributed by atoms with van der Waals surface area (Å²) in [6.07, 6.45) is 8.07. The van der Waals surface area contributed by atoms with Crippen LogP contribution in [0.3, 0.4) is 0 Å². The van der Waals surface area contributed by atoms with E-state index in [1.54, 1.807) is 6.92 Å². The molecular formula is C19H28N2O6. The number of carboxylic acids is 1. The monoisotopic (exact) mass is 380 g/mol. The zero-order chi connectivity index (χ0) is 20.4. The second-order valence-electron chi connectivity index (χ2n) is 6.73. The summed E-state index contributed by atoms with van der Waals surface area (Å²) in [7, 11) is 0. The van der Waals surface area contributed by atoms with E-state index >= 15 is 0 Å². The van der Waals surface area contributed by atoms with E-state index in [0.29, 0.717) is 12.0 Å². The molecule has 0 radical (unpaired) electrons. The predicted octanol–water partition coefficient (Wildman–Crippen LogP) is 5.37. The molecule has 0 aliphatic heterocycles. The highest BCUT2D eigenvalue weighted by molar-refractivity contribution is 5.80. The highest BCUT2D eigenvalue weighted by Gasteiger charge is 2.35. The third-order valence-electron chi connectivity index (χ3n) is 4.71. The molecule has 150 valence electrons. The smallest absolute Gasteiger partial charge is 0.311 e. The van der Waals surface area contributed by atoms with Gasteiger partial charge in [-0.05, 0) is 24.8 Å². The van der Waals surface area contributed by atoms with Gasteiger partial charge in [0.15, 0.2) is 0 Å². The van der Waals surface area contributed by atoms with E-state index in [0.717, 1.165) is 25.7 Å². The predicted molar refractivity (Wildman–Crippen MR) is 102 cm³/mol. The van der Waals surface area contributed by atoms with Gasteiger partial charge in [-0.3, -0.25) is 25.0 Å². The van der Waals surface area contributed by atoms with Gasteiger partial charge in [0.1, 0.15) is 5.56 Å². The molecule has 0 fully saturated rings. The van der Waals surface area contributed by atoms with Crippen molar-refractivity contribution in [3.8, 4) is 0 Å². The van der Waals surface area contributed by atoms with Gasteiger partial charge >= 0.3 is 5.97 Å². The zero-order valence-corrected chi connectivity index (χ0v) is 16.0. The highest BCUT2D eigenvalue weighted by atomic mass is 16.6. The Morgan fingerprint density at radius 1 is 0.963 bits per heavy atom. The van der Waals surface area contributed by atoms with Crippen molar-refractivity contribution in [3.05, 3.63) is 43.5 Å². The Morgan fingerprint density at radius 3 is 1.85 bits per heavy atom. The number of carboxylic acid groups (broad SMARTS) is 1. The molecule has 0 aliphatic carbocycles. The maximum atomic E-state index is 11.5. The molecule has 1 aromatic rings. The largest absolute Gasteiger partial charge is 0.481 e.